The van der Waals surface area contributed by atoms with E-state index in [-0.39, 0.29) is 5.56 Å². The molecular weight excluding hydrogens is 280 g/mol. The van der Waals surface area contributed by atoms with Gasteiger partial charge in [0.15, 0.2) is 0 Å². The van der Waals surface area contributed by atoms with E-state index in [4.69, 9.17) is 9.57 Å². The lowest BCUT2D eigenvalue weighted by Crippen LogP contribution is -2.29. The molecule has 3 rings (SSSR count). The van der Waals surface area contributed by atoms with Gasteiger partial charge in [-0.05, 0) is 24.6 Å². The SMILES string of the molecule is COc1ccc2c(=O)n(OCc3ccccc3)c(C)nc2c1. The molecule has 2 aromatic carbocycles. The molecule has 0 bridgehead atoms. The lowest BCUT2D eigenvalue weighted by molar-refractivity contribution is 0.0831. The van der Waals surface area contributed by atoms with Crippen molar-refractivity contribution in [2.45, 2.75) is 13.5 Å². The van der Waals surface area contributed by atoms with Gasteiger partial charge in [0.1, 0.15) is 18.2 Å². The van der Waals surface area contributed by atoms with Crippen molar-refractivity contribution >= 4 is 10.9 Å². The summed E-state index contributed by atoms with van der Waals surface area (Å²) in [7, 11) is 1.58. The van der Waals surface area contributed by atoms with Crippen molar-refractivity contribution < 1.29 is 9.57 Å². The minimum Gasteiger partial charge on any atom is -0.497 e. The maximum atomic E-state index is 12.5. The van der Waals surface area contributed by atoms with Crippen LogP contribution in [0, 0.1) is 6.92 Å². The van der Waals surface area contributed by atoms with Gasteiger partial charge in [0.25, 0.3) is 5.56 Å². The largest absolute Gasteiger partial charge is 0.497 e. The van der Waals surface area contributed by atoms with E-state index in [0.29, 0.717) is 29.1 Å². The zero-order chi connectivity index (χ0) is 15.5. The average Bonchev–Trinajstić information content (AvgIpc) is 2.55. The van der Waals surface area contributed by atoms with Gasteiger partial charge < -0.3 is 9.57 Å². The Morgan fingerprint density at radius 2 is 1.91 bits per heavy atom. The quantitative estimate of drug-likeness (QED) is 0.741. The zero-order valence-electron chi connectivity index (χ0n) is 12.4. The summed E-state index contributed by atoms with van der Waals surface area (Å²) in [6.45, 7) is 2.05. The third kappa shape index (κ3) is 2.65. The number of hydrogen-bond donors (Lipinski definition) is 0. The molecule has 0 saturated heterocycles. The molecule has 0 aliphatic carbocycles. The van der Waals surface area contributed by atoms with Gasteiger partial charge in [-0.2, -0.15) is 0 Å². The summed E-state index contributed by atoms with van der Waals surface area (Å²) in [5.74, 6) is 1.17. The summed E-state index contributed by atoms with van der Waals surface area (Å²) < 4.78 is 6.40. The molecule has 1 heterocycles. The number of fused-ring (bicyclic) bond motifs is 1. The number of ether oxygens (including phenoxy) is 1. The highest BCUT2D eigenvalue weighted by molar-refractivity contribution is 5.79. The van der Waals surface area contributed by atoms with E-state index >= 15 is 0 Å². The summed E-state index contributed by atoms with van der Waals surface area (Å²) >= 11 is 0. The number of benzene rings is 2. The van der Waals surface area contributed by atoms with Crippen LogP contribution in [0.2, 0.25) is 0 Å². The Labute approximate surface area is 127 Å². The second kappa shape index (κ2) is 5.89. The highest BCUT2D eigenvalue weighted by Gasteiger charge is 2.10. The van der Waals surface area contributed by atoms with Gasteiger partial charge in [-0.25, -0.2) is 4.98 Å². The van der Waals surface area contributed by atoms with E-state index in [9.17, 15) is 4.79 Å². The smallest absolute Gasteiger partial charge is 0.294 e. The first kappa shape index (κ1) is 14.1. The topological polar surface area (TPSA) is 53.4 Å². The Hall–Kier alpha value is -2.82. The van der Waals surface area contributed by atoms with Crippen molar-refractivity contribution in [3.8, 4) is 5.75 Å². The molecule has 0 radical (unpaired) electrons. The summed E-state index contributed by atoms with van der Waals surface area (Å²) in [5.41, 5.74) is 1.37. The van der Waals surface area contributed by atoms with E-state index in [1.165, 1.54) is 4.73 Å². The van der Waals surface area contributed by atoms with Gasteiger partial charge in [0.05, 0.1) is 18.0 Å². The molecule has 1 aromatic heterocycles. The Kier molecular flexibility index (Phi) is 3.78. The number of hydrogen-bond acceptors (Lipinski definition) is 4. The van der Waals surface area contributed by atoms with Crippen molar-refractivity contribution in [1.29, 1.82) is 0 Å². The van der Waals surface area contributed by atoms with Gasteiger partial charge in [-0.15, -0.1) is 4.73 Å². The standard InChI is InChI=1S/C17H16N2O3/c1-12-18-16-10-14(21-2)8-9-15(16)17(20)19(12)22-11-13-6-4-3-5-7-13/h3-10H,11H2,1-2H3. The molecule has 112 valence electrons. The molecule has 0 saturated carbocycles. The van der Waals surface area contributed by atoms with Crippen molar-refractivity contribution in [2.75, 3.05) is 7.11 Å². The summed E-state index contributed by atoms with van der Waals surface area (Å²) in [6, 6.07) is 14.9. The predicted octanol–water partition coefficient (Wildman–Crippen LogP) is 2.34. The molecule has 0 fully saturated rings. The molecule has 0 atom stereocenters. The Morgan fingerprint density at radius 1 is 1.14 bits per heavy atom. The number of methoxy groups -OCH3 is 1. The number of rotatable bonds is 4. The summed E-state index contributed by atoms with van der Waals surface area (Å²) in [5, 5.41) is 0.500. The maximum absolute atomic E-state index is 12.5. The number of nitrogens with zero attached hydrogens (tertiary/aromatic N) is 2. The first-order valence-corrected chi connectivity index (χ1v) is 6.93. The lowest BCUT2D eigenvalue weighted by atomic mass is 10.2. The van der Waals surface area contributed by atoms with E-state index in [0.717, 1.165) is 5.56 Å². The fourth-order valence-electron chi connectivity index (χ4n) is 2.25. The molecule has 0 aliphatic rings. The van der Waals surface area contributed by atoms with Crippen LogP contribution >= 0.6 is 0 Å². The van der Waals surface area contributed by atoms with Crippen LogP contribution < -0.4 is 15.1 Å². The Balaban J connectivity index is 1.98. The van der Waals surface area contributed by atoms with E-state index < -0.39 is 0 Å². The Morgan fingerprint density at radius 3 is 2.64 bits per heavy atom. The third-order valence-electron chi connectivity index (χ3n) is 3.40. The van der Waals surface area contributed by atoms with Gasteiger partial charge in [0.2, 0.25) is 0 Å². The maximum Gasteiger partial charge on any atom is 0.294 e. The van der Waals surface area contributed by atoms with Crippen LogP contribution in [0.3, 0.4) is 0 Å². The van der Waals surface area contributed by atoms with E-state index in [1.807, 2.05) is 30.3 Å². The summed E-state index contributed by atoms with van der Waals surface area (Å²) in [4.78, 5) is 22.6. The molecule has 3 aromatic rings. The fourth-order valence-corrected chi connectivity index (χ4v) is 2.25. The van der Waals surface area contributed by atoms with E-state index in [2.05, 4.69) is 4.98 Å². The van der Waals surface area contributed by atoms with Crippen molar-refractivity contribution in [2.24, 2.45) is 0 Å². The Bertz CT molecular complexity index is 857. The van der Waals surface area contributed by atoms with Crippen LogP contribution in [0.15, 0.2) is 53.3 Å². The van der Waals surface area contributed by atoms with Crippen molar-refractivity contribution in [3.05, 3.63) is 70.3 Å². The molecule has 0 amide bonds. The molecule has 0 spiro atoms. The molecule has 0 unspecified atom stereocenters. The highest BCUT2D eigenvalue weighted by Crippen LogP contribution is 2.16. The second-order valence-electron chi connectivity index (χ2n) is 4.90. The normalized spacial score (nSPS) is 10.6. The minimum absolute atomic E-state index is 0.221. The van der Waals surface area contributed by atoms with Crippen LogP contribution in [-0.4, -0.2) is 16.8 Å². The van der Waals surface area contributed by atoms with Gasteiger partial charge >= 0.3 is 0 Å². The van der Waals surface area contributed by atoms with E-state index in [1.54, 1.807) is 32.2 Å². The lowest BCUT2D eigenvalue weighted by Gasteiger charge is -2.12. The van der Waals surface area contributed by atoms with Crippen LogP contribution in [0.4, 0.5) is 0 Å². The summed E-state index contributed by atoms with van der Waals surface area (Å²) in [6.07, 6.45) is 0. The van der Waals surface area contributed by atoms with Gasteiger partial charge in [-0.1, -0.05) is 30.3 Å². The highest BCUT2D eigenvalue weighted by atomic mass is 16.7. The average molecular weight is 296 g/mol. The third-order valence-corrected chi connectivity index (χ3v) is 3.40. The molecule has 22 heavy (non-hydrogen) atoms. The van der Waals surface area contributed by atoms with Crippen LogP contribution in [0.5, 0.6) is 5.75 Å². The molecule has 0 N–H and O–H groups in total. The molecule has 5 heteroatoms. The first-order valence-electron chi connectivity index (χ1n) is 6.93. The number of aryl methyl sites for hydroxylation is 1. The monoisotopic (exact) mass is 296 g/mol. The van der Waals surface area contributed by atoms with Gasteiger partial charge in [0, 0.05) is 6.07 Å². The van der Waals surface area contributed by atoms with Crippen LogP contribution in [0.25, 0.3) is 10.9 Å². The second-order valence-corrected chi connectivity index (χ2v) is 4.90. The minimum atomic E-state index is -0.221. The number of aromatic nitrogens is 2. The van der Waals surface area contributed by atoms with Crippen LogP contribution in [0.1, 0.15) is 11.4 Å². The zero-order valence-corrected chi connectivity index (χ0v) is 12.4. The predicted molar refractivity (Wildman–Crippen MR) is 84.0 cm³/mol. The first-order chi connectivity index (χ1) is 10.7. The molecule has 0 aliphatic heterocycles. The molecule has 5 nitrogen and oxygen atoms in total. The van der Waals surface area contributed by atoms with Crippen molar-refractivity contribution in [1.82, 2.24) is 9.71 Å². The van der Waals surface area contributed by atoms with Crippen molar-refractivity contribution in [3.63, 3.8) is 0 Å². The molecular formula is C17H16N2O3. The van der Waals surface area contributed by atoms with Gasteiger partial charge in [-0.3, -0.25) is 4.79 Å². The fraction of sp³-hybridized carbons (Fsp3) is 0.176. The van der Waals surface area contributed by atoms with Crippen LogP contribution in [-0.2, 0) is 6.61 Å².